The molecule has 258 valence electrons. The predicted molar refractivity (Wildman–Crippen MR) is 173 cm³/mol. The molecule has 2 aliphatic rings. The second-order valence-corrected chi connectivity index (χ2v) is 11.9. The lowest BCUT2D eigenvalue weighted by Crippen LogP contribution is -2.63. The smallest absolute Gasteiger partial charge is 0.417 e. The highest BCUT2D eigenvalue weighted by atomic mass is 19.4. The Kier molecular flexibility index (Phi) is 9.67. The lowest BCUT2D eigenvalue weighted by molar-refractivity contribution is -0.183. The Morgan fingerprint density at radius 3 is 2.41 bits per heavy atom. The normalized spacial score (nSPS) is 18.4. The number of alkyl halides is 3. The molecule has 3 aromatic carbocycles. The second kappa shape index (κ2) is 13.6. The molecule has 0 aromatic heterocycles. The third-order valence-corrected chi connectivity index (χ3v) is 8.07. The Labute approximate surface area is 278 Å². The number of halogens is 4. The minimum atomic E-state index is -5.24. The van der Waals surface area contributed by atoms with E-state index in [0.717, 1.165) is 61.8 Å². The number of rotatable bonds is 12. The van der Waals surface area contributed by atoms with E-state index in [1.54, 1.807) is 0 Å². The zero-order valence-electron chi connectivity index (χ0n) is 26.5. The fourth-order valence-electron chi connectivity index (χ4n) is 5.38. The summed E-state index contributed by atoms with van der Waals surface area (Å²) in [6.07, 6.45) is -2.52. The standard InChI is InChI=1S/C34H34F4N6O5/c1-20(45)48-32(2,49-31(40)47)29(39)24-8-4-6-10-28(24)44-16-15-33(43-44,34(36,37)38)30(46)42-27-18-22(13-14-25(27)35)17-23-7-3-5-9-26(23)41-19-21-11-12-21/h3-10,13-16,18,21,39,41,43H,11-12,17,19H2,1-2H3,(H2,40,47)(H,42,46). The van der Waals surface area contributed by atoms with E-state index in [1.807, 2.05) is 24.3 Å². The van der Waals surface area contributed by atoms with Crippen molar-refractivity contribution in [1.82, 2.24) is 5.43 Å². The number of nitrogens with one attached hydrogen (secondary N) is 4. The van der Waals surface area contributed by atoms with Gasteiger partial charge in [0, 0.05) is 37.8 Å². The number of nitrogens with two attached hydrogens (primary N) is 1. The van der Waals surface area contributed by atoms with Gasteiger partial charge in [-0.3, -0.25) is 20.0 Å². The SMILES string of the molecule is CC(=O)OC(C)(OC(N)=O)C(=N)c1ccccc1N1C=CC(C(=O)Nc2cc(Cc3ccccc3NCC3CC3)ccc2F)(C(F)(F)F)N1. The van der Waals surface area contributed by atoms with Gasteiger partial charge in [0.1, 0.15) is 11.5 Å². The largest absolute Gasteiger partial charge is 0.421 e. The molecule has 2 unspecified atom stereocenters. The number of ether oxygens (including phenoxy) is 2. The number of benzene rings is 3. The maximum absolute atomic E-state index is 15.0. The number of hydrogen-bond donors (Lipinski definition) is 5. The molecule has 1 saturated carbocycles. The number of hydrogen-bond acceptors (Lipinski definition) is 9. The lowest BCUT2D eigenvalue weighted by atomic mass is 9.98. The predicted octanol–water partition coefficient (Wildman–Crippen LogP) is 5.76. The van der Waals surface area contributed by atoms with E-state index in [0.29, 0.717) is 24.0 Å². The average molecular weight is 683 g/mol. The lowest BCUT2D eigenvalue weighted by Gasteiger charge is -2.33. The van der Waals surface area contributed by atoms with Crippen LogP contribution in [-0.2, 0) is 25.5 Å². The quantitative estimate of drug-likeness (QED) is 0.0699. The molecule has 3 aromatic rings. The van der Waals surface area contributed by atoms with Crippen molar-refractivity contribution in [1.29, 1.82) is 5.41 Å². The van der Waals surface area contributed by atoms with E-state index in [1.165, 1.54) is 36.4 Å². The van der Waals surface area contributed by atoms with E-state index in [-0.39, 0.29) is 11.3 Å². The van der Waals surface area contributed by atoms with Gasteiger partial charge in [-0.15, -0.1) is 0 Å². The highest BCUT2D eigenvalue weighted by Gasteiger charge is 2.62. The molecule has 5 rings (SSSR count). The highest BCUT2D eigenvalue weighted by molar-refractivity contribution is 6.09. The minimum Gasteiger partial charge on any atom is -0.417 e. The van der Waals surface area contributed by atoms with E-state index >= 15 is 0 Å². The molecule has 2 amide bonds. The fourth-order valence-corrected chi connectivity index (χ4v) is 5.38. The molecule has 49 heavy (non-hydrogen) atoms. The first-order valence-electron chi connectivity index (χ1n) is 15.2. The van der Waals surface area contributed by atoms with Gasteiger partial charge in [-0.2, -0.15) is 13.2 Å². The van der Waals surface area contributed by atoms with Crippen LogP contribution in [0.4, 0.5) is 39.4 Å². The van der Waals surface area contributed by atoms with Gasteiger partial charge >= 0.3 is 18.2 Å². The summed E-state index contributed by atoms with van der Waals surface area (Å²) in [5, 5.41) is 15.0. The van der Waals surface area contributed by atoms with Crippen molar-refractivity contribution in [2.24, 2.45) is 11.7 Å². The molecule has 1 fully saturated rings. The summed E-state index contributed by atoms with van der Waals surface area (Å²) in [5.41, 5.74) is 4.85. The first kappa shape index (κ1) is 34.9. The number of esters is 1. The summed E-state index contributed by atoms with van der Waals surface area (Å²) in [7, 11) is 0. The fraction of sp³-hybridized carbons (Fsp3) is 0.294. The van der Waals surface area contributed by atoms with Crippen LogP contribution in [0.15, 0.2) is 79.0 Å². The Bertz CT molecular complexity index is 1800. The van der Waals surface area contributed by atoms with Gasteiger partial charge in [0.2, 0.25) is 5.54 Å². The average Bonchev–Trinajstić information content (AvgIpc) is 3.74. The van der Waals surface area contributed by atoms with Gasteiger partial charge in [0.25, 0.3) is 11.7 Å². The molecular formula is C34H34F4N6O5. The second-order valence-electron chi connectivity index (χ2n) is 11.9. The van der Waals surface area contributed by atoms with Gasteiger partial charge in [0.15, 0.2) is 0 Å². The van der Waals surface area contributed by atoms with Gasteiger partial charge in [-0.25, -0.2) is 14.6 Å². The Hall–Kier alpha value is -5.44. The summed E-state index contributed by atoms with van der Waals surface area (Å²) in [6.45, 7) is 2.87. The number of nitrogens with zero attached hydrogens (tertiary/aromatic N) is 1. The van der Waals surface area contributed by atoms with Gasteiger partial charge in [-0.05, 0) is 66.6 Å². The van der Waals surface area contributed by atoms with Crippen molar-refractivity contribution in [3.63, 3.8) is 0 Å². The first-order valence-corrected chi connectivity index (χ1v) is 15.2. The van der Waals surface area contributed by atoms with Crippen LogP contribution in [0.5, 0.6) is 0 Å². The summed E-state index contributed by atoms with van der Waals surface area (Å²) >= 11 is 0. The zero-order valence-corrected chi connectivity index (χ0v) is 26.5. The van der Waals surface area contributed by atoms with Crippen LogP contribution in [0, 0.1) is 17.1 Å². The molecule has 6 N–H and O–H groups in total. The third-order valence-electron chi connectivity index (χ3n) is 8.07. The van der Waals surface area contributed by atoms with Crippen molar-refractivity contribution in [2.75, 3.05) is 22.2 Å². The third kappa shape index (κ3) is 7.67. The molecule has 0 radical (unpaired) electrons. The van der Waals surface area contributed by atoms with E-state index in [2.05, 4.69) is 16.1 Å². The van der Waals surface area contributed by atoms with Crippen LogP contribution in [0.2, 0.25) is 0 Å². The number of primary amides is 1. The van der Waals surface area contributed by atoms with Gasteiger partial charge < -0.3 is 25.8 Å². The van der Waals surface area contributed by atoms with Crippen LogP contribution < -0.4 is 26.8 Å². The molecule has 11 nitrogen and oxygen atoms in total. The number of carbonyl (C=O) groups excluding carboxylic acids is 3. The summed E-state index contributed by atoms with van der Waals surface area (Å²) < 4.78 is 69.2. The highest BCUT2D eigenvalue weighted by Crippen LogP contribution is 2.39. The Morgan fingerprint density at radius 1 is 1.04 bits per heavy atom. The monoisotopic (exact) mass is 682 g/mol. The zero-order chi connectivity index (χ0) is 35.6. The molecule has 15 heteroatoms. The van der Waals surface area contributed by atoms with Crippen molar-refractivity contribution >= 4 is 40.7 Å². The van der Waals surface area contributed by atoms with Crippen molar-refractivity contribution in [3.8, 4) is 0 Å². The molecular weight excluding hydrogens is 648 g/mol. The Balaban J connectivity index is 1.39. The van der Waals surface area contributed by atoms with Crippen LogP contribution >= 0.6 is 0 Å². The molecule has 0 bridgehead atoms. The van der Waals surface area contributed by atoms with Crippen LogP contribution in [0.25, 0.3) is 0 Å². The molecule has 2 atom stereocenters. The maximum Gasteiger partial charge on any atom is 0.421 e. The Morgan fingerprint density at radius 2 is 1.73 bits per heavy atom. The number of carbonyl (C=O) groups is 3. The number of amides is 2. The van der Waals surface area contributed by atoms with Crippen LogP contribution in [0.3, 0.4) is 0 Å². The molecule has 0 spiro atoms. The summed E-state index contributed by atoms with van der Waals surface area (Å²) in [4.78, 5) is 36.8. The van der Waals surface area contributed by atoms with Crippen LogP contribution in [0.1, 0.15) is 43.4 Å². The van der Waals surface area contributed by atoms with E-state index in [4.69, 9.17) is 20.6 Å². The first-order chi connectivity index (χ1) is 23.1. The van der Waals surface area contributed by atoms with E-state index in [9.17, 15) is 31.9 Å². The minimum absolute atomic E-state index is 0.115. The molecule has 0 saturated heterocycles. The van der Waals surface area contributed by atoms with Crippen LogP contribution in [-0.4, -0.2) is 47.7 Å². The summed E-state index contributed by atoms with van der Waals surface area (Å²) in [6, 6.07) is 16.9. The number of hydrazine groups is 1. The van der Waals surface area contributed by atoms with Crippen molar-refractivity contribution in [3.05, 3.63) is 102 Å². The van der Waals surface area contributed by atoms with Crippen molar-refractivity contribution in [2.45, 2.75) is 50.6 Å². The number of para-hydroxylation sites is 2. The van der Waals surface area contributed by atoms with Gasteiger partial charge in [-0.1, -0.05) is 42.5 Å². The van der Waals surface area contributed by atoms with Gasteiger partial charge in [0.05, 0.1) is 11.4 Å². The molecule has 1 aliphatic heterocycles. The van der Waals surface area contributed by atoms with Crippen molar-refractivity contribution < 1.29 is 41.4 Å². The number of anilines is 3. The maximum atomic E-state index is 15.0. The topological polar surface area (TPSA) is 159 Å². The van der Waals surface area contributed by atoms with E-state index < -0.39 is 52.7 Å². The summed E-state index contributed by atoms with van der Waals surface area (Å²) in [5.74, 6) is -5.24. The molecule has 1 aliphatic carbocycles. The molecule has 1 heterocycles.